The Labute approximate surface area is 194 Å². The summed E-state index contributed by atoms with van der Waals surface area (Å²) in [5.74, 6) is 0.237. The molecule has 1 aliphatic carbocycles. The van der Waals surface area contributed by atoms with Crippen LogP contribution in [-0.4, -0.2) is 23.1 Å². The number of amides is 1. The van der Waals surface area contributed by atoms with E-state index in [9.17, 15) is 9.59 Å². The highest BCUT2D eigenvalue weighted by atomic mass is 35.5. The molecule has 4 rings (SSSR count). The maximum Gasteiger partial charge on any atom is 0.229 e. The van der Waals surface area contributed by atoms with Crippen molar-refractivity contribution in [1.82, 2.24) is 4.90 Å². The van der Waals surface area contributed by atoms with Crippen LogP contribution in [0, 0.1) is 11.3 Å². The Hall–Kier alpha value is -2.10. The Bertz CT molecular complexity index is 985. The van der Waals surface area contributed by atoms with E-state index in [1.54, 1.807) is 6.08 Å². The van der Waals surface area contributed by atoms with Crippen LogP contribution in [0.4, 0.5) is 0 Å². The molecule has 0 spiro atoms. The number of piperidine rings is 1. The number of benzene rings is 2. The summed E-state index contributed by atoms with van der Waals surface area (Å²) in [4.78, 5) is 28.1. The first-order valence-electron chi connectivity index (χ1n) is 10.8. The number of aldehydes is 1. The number of likely N-dealkylation sites (tertiary alicyclic amines) is 1. The molecule has 2 aromatic rings. The second kappa shape index (κ2) is 8.80. The zero-order valence-electron chi connectivity index (χ0n) is 17.6. The first kappa shape index (κ1) is 22.1. The Morgan fingerprint density at radius 2 is 1.84 bits per heavy atom. The number of carbonyl (C=O) groups is 2. The molecule has 0 N–H and O–H groups in total. The van der Waals surface area contributed by atoms with Gasteiger partial charge in [0, 0.05) is 16.0 Å². The van der Waals surface area contributed by atoms with Crippen LogP contribution in [-0.2, 0) is 9.59 Å². The van der Waals surface area contributed by atoms with E-state index in [0.717, 1.165) is 30.3 Å². The van der Waals surface area contributed by atoms with Gasteiger partial charge in [-0.1, -0.05) is 60.5 Å². The molecule has 1 aliphatic heterocycles. The van der Waals surface area contributed by atoms with Gasteiger partial charge < -0.3 is 9.69 Å². The molecule has 0 radical (unpaired) electrons. The van der Waals surface area contributed by atoms with Gasteiger partial charge >= 0.3 is 0 Å². The van der Waals surface area contributed by atoms with Crippen LogP contribution in [0.2, 0.25) is 10.0 Å². The van der Waals surface area contributed by atoms with Gasteiger partial charge in [0.2, 0.25) is 5.91 Å². The maximum absolute atomic E-state index is 13.9. The molecule has 2 aliphatic rings. The van der Waals surface area contributed by atoms with Crippen LogP contribution in [0.5, 0.6) is 0 Å². The van der Waals surface area contributed by atoms with Crippen molar-refractivity contribution in [3.63, 3.8) is 0 Å². The molecule has 31 heavy (non-hydrogen) atoms. The molecule has 1 saturated heterocycles. The monoisotopic (exact) mass is 455 g/mol. The summed E-state index contributed by atoms with van der Waals surface area (Å²) in [5.41, 5.74) is 1.42. The van der Waals surface area contributed by atoms with Crippen molar-refractivity contribution in [2.24, 2.45) is 11.3 Å². The third-order valence-electron chi connectivity index (χ3n) is 6.75. The van der Waals surface area contributed by atoms with Crippen molar-refractivity contribution >= 4 is 35.4 Å². The molecule has 162 valence electrons. The van der Waals surface area contributed by atoms with Crippen LogP contribution < -0.4 is 0 Å². The zero-order valence-corrected chi connectivity index (χ0v) is 19.1. The minimum Gasteiger partial charge on any atom is -0.325 e. The van der Waals surface area contributed by atoms with Gasteiger partial charge in [-0.2, -0.15) is 0 Å². The molecule has 2 aromatic carbocycles. The van der Waals surface area contributed by atoms with Crippen molar-refractivity contribution in [2.75, 3.05) is 0 Å². The van der Waals surface area contributed by atoms with Gasteiger partial charge in [0.1, 0.15) is 6.29 Å². The van der Waals surface area contributed by atoms with Crippen molar-refractivity contribution < 1.29 is 9.59 Å². The molecule has 5 heteroatoms. The summed E-state index contributed by atoms with van der Waals surface area (Å²) in [6.45, 7) is 5.89. The number of rotatable bonds is 7. The third kappa shape index (κ3) is 4.31. The van der Waals surface area contributed by atoms with Crippen molar-refractivity contribution in [3.8, 4) is 0 Å². The summed E-state index contributed by atoms with van der Waals surface area (Å²) in [7, 11) is 0. The van der Waals surface area contributed by atoms with E-state index in [2.05, 4.69) is 12.6 Å². The number of halogens is 2. The van der Waals surface area contributed by atoms with Gasteiger partial charge in [-0.3, -0.25) is 4.79 Å². The predicted octanol–water partition coefficient (Wildman–Crippen LogP) is 6.61. The standard InChI is InChI=1S/C26H27Cl2NO2/c1-3-13-26(2)15-22(19-5-4-6-21(28)14-19)24(18-9-11-20(27)12-10-18)29(25(26)31)23(16-30)17-7-8-17/h3-6,9-12,14,16-17,22-24H,1,7-8,13,15H2,2H3/t22?,23-,24-,26?/m1/s1. The molecule has 3 nitrogen and oxygen atoms in total. The van der Waals surface area contributed by atoms with Crippen molar-refractivity contribution in [3.05, 3.63) is 82.4 Å². The second-order valence-corrected chi connectivity index (χ2v) is 9.96. The number of nitrogens with zero attached hydrogens (tertiary/aromatic N) is 1. The minimum absolute atomic E-state index is 0.0104. The lowest BCUT2D eigenvalue weighted by Gasteiger charge is -2.51. The summed E-state index contributed by atoms with van der Waals surface area (Å²) in [5, 5.41) is 1.30. The SMILES string of the molecule is C=CCC1(C)CC(c2cccc(Cl)c2)[C@@H](c2ccc(Cl)cc2)N([C@H](C=O)C2CC2)C1=O. The van der Waals surface area contributed by atoms with Crippen LogP contribution in [0.1, 0.15) is 55.7 Å². The van der Waals surface area contributed by atoms with E-state index in [0.29, 0.717) is 22.9 Å². The fraction of sp³-hybridized carbons (Fsp3) is 0.385. The molecule has 1 saturated carbocycles. The lowest BCUT2D eigenvalue weighted by molar-refractivity contribution is -0.156. The highest BCUT2D eigenvalue weighted by Gasteiger charge is 2.53. The van der Waals surface area contributed by atoms with E-state index in [1.807, 2.05) is 54.3 Å². The maximum atomic E-state index is 13.9. The molecular weight excluding hydrogens is 429 g/mol. The highest BCUT2D eigenvalue weighted by molar-refractivity contribution is 6.30. The fourth-order valence-electron chi connectivity index (χ4n) is 5.06. The Kier molecular flexibility index (Phi) is 6.27. The summed E-state index contributed by atoms with van der Waals surface area (Å²) < 4.78 is 0. The average Bonchev–Trinajstić information content (AvgIpc) is 3.58. The minimum atomic E-state index is -0.631. The predicted molar refractivity (Wildman–Crippen MR) is 125 cm³/mol. The topological polar surface area (TPSA) is 37.4 Å². The molecule has 0 aromatic heterocycles. The third-order valence-corrected chi connectivity index (χ3v) is 7.24. The van der Waals surface area contributed by atoms with E-state index in [1.165, 1.54) is 0 Å². The lowest BCUT2D eigenvalue weighted by atomic mass is 9.67. The first-order chi connectivity index (χ1) is 14.9. The van der Waals surface area contributed by atoms with Crippen molar-refractivity contribution in [2.45, 2.75) is 50.6 Å². The number of hydrogen-bond donors (Lipinski definition) is 0. The summed E-state index contributed by atoms with van der Waals surface area (Å²) in [6.07, 6.45) is 5.93. The molecule has 2 fully saturated rings. The molecule has 1 amide bonds. The van der Waals surface area contributed by atoms with Gasteiger partial charge in [0.05, 0.1) is 17.5 Å². The second-order valence-electron chi connectivity index (χ2n) is 9.09. The molecule has 1 heterocycles. The molecule has 4 atom stereocenters. The van der Waals surface area contributed by atoms with Gasteiger partial charge in [-0.05, 0) is 67.0 Å². The van der Waals surface area contributed by atoms with Gasteiger partial charge in [-0.25, -0.2) is 0 Å². The van der Waals surface area contributed by atoms with Crippen LogP contribution >= 0.6 is 23.2 Å². The van der Waals surface area contributed by atoms with Crippen LogP contribution in [0.3, 0.4) is 0 Å². The first-order valence-corrected chi connectivity index (χ1v) is 11.5. The van der Waals surface area contributed by atoms with Gasteiger partial charge in [0.25, 0.3) is 0 Å². The Morgan fingerprint density at radius 1 is 1.13 bits per heavy atom. The summed E-state index contributed by atoms with van der Waals surface area (Å²) in [6, 6.07) is 14.8. The Morgan fingerprint density at radius 3 is 2.42 bits per heavy atom. The molecule has 2 unspecified atom stereocenters. The van der Waals surface area contributed by atoms with Crippen LogP contribution in [0.15, 0.2) is 61.2 Å². The van der Waals surface area contributed by atoms with E-state index in [-0.39, 0.29) is 23.8 Å². The van der Waals surface area contributed by atoms with E-state index >= 15 is 0 Å². The van der Waals surface area contributed by atoms with Crippen LogP contribution in [0.25, 0.3) is 0 Å². The lowest BCUT2D eigenvalue weighted by Crippen LogP contribution is -2.56. The van der Waals surface area contributed by atoms with Gasteiger partial charge in [0.15, 0.2) is 0 Å². The average molecular weight is 456 g/mol. The smallest absolute Gasteiger partial charge is 0.229 e. The van der Waals surface area contributed by atoms with Gasteiger partial charge in [-0.15, -0.1) is 6.58 Å². The summed E-state index contributed by atoms with van der Waals surface area (Å²) >= 11 is 12.5. The number of allylic oxidation sites excluding steroid dienone is 1. The van der Waals surface area contributed by atoms with E-state index in [4.69, 9.17) is 23.2 Å². The largest absolute Gasteiger partial charge is 0.325 e. The Balaban J connectivity index is 1.90. The molecule has 0 bridgehead atoms. The number of carbonyl (C=O) groups excluding carboxylic acids is 2. The normalized spacial score (nSPS) is 27.1. The van der Waals surface area contributed by atoms with E-state index < -0.39 is 11.5 Å². The quantitative estimate of drug-likeness (QED) is 0.347. The zero-order chi connectivity index (χ0) is 22.2. The fourth-order valence-corrected chi connectivity index (χ4v) is 5.38. The number of hydrogen-bond acceptors (Lipinski definition) is 2. The molecular formula is C26H27Cl2NO2. The highest BCUT2D eigenvalue weighted by Crippen LogP contribution is 2.53. The van der Waals surface area contributed by atoms with Crippen molar-refractivity contribution in [1.29, 1.82) is 0 Å².